The Morgan fingerprint density at radius 3 is 2.38 bits per heavy atom. The second kappa shape index (κ2) is 5.93. The molecule has 0 aliphatic heterocycles. The Bertz CT molecular complexity index is 745. The average molecular weight is 327 g/mol. The fourth-order valence-electron chi connectivity index (χ4n) is 1.84. The zero-order valence-corrected chi connectivity index (χ0v) is 12.9. The second-order valence-corrected chi connectivity index (χ2v) is 7.04. The largest absolute Gasteiger partial charge is 0.508 e. The number of nitrogens with two attached hydrogens (primary N) is 1. The van der Waals surface area contributed by atoms with Crippen LogP contribution >= 0.6 is 11.6 Å². The first-order valence-corrected chi connectivity index (χ1v) is 7.92. The zero-order valence-electron chi connectivity index (χ0n) is 11.3. The van der Waals surface area contributed by atoms with Crippen molar-refractivity contribution in [2.45, 2.75) is 11.4 Å². The molecule has 0 atom stereocenters. The standard InChI is InChI=1S/C14H15ClN2O3S/c1-17(9-10-2-5-12(18)6-3-10)21(19,20)14-7-4-11(16)8-13(14)15/h2-8,18H,9,16H2,1H3. The summed E-state index contributed by atoms with van der Waals surface area (Å²) in [5, 5.41) is 9.32. The molecule has 0 saturated heterocycles. The molecule has 7 heteroatoms. The van der Waals surface area contributed by atoms with Gasteiger partial charge in [0.2, 0.25) is 10.0 Å². The highest BCUT2D eigenvalue weighted by Crippen LogP contribution is 2.27. The van der Waals surface area contributed by atoms with E-state index in [9.17, 15) is 13.5 Å². The van der Waals surface area contributed by atoms with Crippen LogP contribution in [-0.4, -0.2) is 24.9 Å². The first-order valence-electron chi connectivity index (χ1n) is 6.10. The minimum Gasteiger partial charge on any atom is -0.508 e. The van der Waals surface area contributed by atoms with Crippen molar-refractivity contribution in [2.75, 3.05) is 12.8 Å². The monoisotopic (exact) mass is 326 g/mol. The summed E-state index contributed by atoms with van der Waals surface area (Å²) >= 11 is 5.96. The van der Waals surface area contributed by atoms with Gasteiger partial charge in [-0.2, -0.15) is 4.31 Å². The van der Waals surface area contributed by atoms with Crippen LogP contribution in [0.2, 0.25) is 5.02 Å². The van der Waals surface area contributed by atoms with Gasteiger partial charge >= 0.3 is 0 Å². The molecule has 0 aliphatic carbocycles. The van der Waals surface area contributed by atoms with E-state index in [-0.39, 0.29) is 22.2 Å². The van der Waals surface area contributed by atoms with Crippen molar-refractivity contribution in [1.29, 1.82) is 0 Å². The summed E-state index contributed by atoms with van der Waals surface area (Å²) in [4.78, 5) is 0.0136. The van der Waals surface area contributed by atoms with Gasteiger partial charge in [0.1, 0.15) is 10.6 Å². The van der Waals surface area contributed by atoms with Gasteiger partial charge in [0, 0.05) is 19.3 Å². The lowest BCUT2D eigenvalue weighted by molar-refractivity contribution is 0.463. The predicted molar refractivity (Wildman–Crippen MR) is 82.6 cm³/mol. The number of nitrogen functional groups attached to an aromatic ring is 1. The van der Waals surface area contributed by atoms with Gasteiger partial charge in [-0.15, -0.1) is 0 Å². The summed E-state index contributed by atoms with van der Waals surface area (Å²) in [7, 11) is -2.24. The van der Waals surface area contributed by atoms with E-state index in [1.807, 2.05) is 0 Å². The van der Waals surface area contributed by atoms with E-state index in [0.29, 0.717) is 5.69 Å². The van der Waals surface area contributed by atoms with Crippen LogP contribution in [0.3, 0.4) is 0 Å². The fourth-order valence-corrected chi connectivity index (χ4v) is 3.52. The van der Waals surface area contributed by atoms with Crippen molar-refractivity contribution < 1.29 is 13.5 Å². The van der Waals surface area contributed by atoms with Crippen molar-refractivity contribution in [1.82, 2.24) is 4.31 Å². The van der Waals surface area contributed by atoms with Crippen LogP contribution in [0.15, 0.2) is 47.4 Å². The van der Waals surface area contributed by atoms with Crippen molar-refractivity contribution in [2.24, 2.45) is 0 Å². The van der Waals surface area contributed by atoms with Gasteiger partial charge in [-0.1, -0.05) is 23.7 Å². The van der Waals surface area contributed by atoms with Crippen LogP contribution in [0.5, 0.6) is 5.75 Å². The number of nitrogens with zero attached hydrogens (tertiary/aromatic N) is 1. The normalized spacial score (nSPS) is 11.8. The summed E-state index contributed by atoms with van der Waals surface area (Å²) in [6.45, 7) is 0.170. The van der Waals surface area contributed by atoms with Crippen LogP contribution in [-0.2, 0) is 16.6 Å². The molecular formula is C14H15ClN2O3S. The van der Waals surface area contributed by atoms with Crippen molar-refractivity contribution >= 4 is 27.3 Å². The Labute approximate surface area is 128 Å². The van der Waals surface area contributed by atoms with Crippen LogP contribution in [0.4, 0.5) is 5.69 Å². The average Bonchev–Trinajstić information content (AvgIpc) is 2.40. The topological polar surface area (TPSA) is 83.6 Å². The number of hydrogen-bond acceptors (Lipinski definition) is 4. The molecule has 21 heavy (non-hydrogen) atoms. The van der Waals surface area contributed by atoms with Gasteiger partial charge in [0.25, 0.3) is 0 Å². The van der Waals surface area contributed by atoms with Crippen molar-refractivity contribution in [3.63, 3.8) is 0 Å². The Kier molecular flexibility index (Phi) is 4.41. The molecule has 0 bridgehead atoms. The summed E-state index contributed by atoms with van der Waals surface area (Å²) in [5.74, 6) is 0.130. The third-order valence-electron chi connectivity index (χ3n) is 2.99. The Hall–Kier alpha value is -1.76. The molecule has 0 aromatic heterocycles. The predicted octanol–water partition coefficient (Wildman–Crippen LogP) is 2.45. The number of benzene rings is 2. The zero-order chi connectivity index (χ0) is 15.6. The smallest absolute Gasteiger partial charge is 0.244 e. The molecule has 0 amide bonds. The lowest BCUT2D eigenvalue weighted by Crippen LogP contribution is -2.26. The van der Waals surface area contributed by atoms with E-state index in [1.165, 1.54) is 41.7 Å². The molecule has 0 fully saturated rings. The Morgan fingerprint density at radius 2 is 1.81 bits per heavy atom. The number of phenols is 1. The van der Waals surface area contributed by atoms with Gasteiger partial charge in [0.05, 0.1) is 5.02 Å². The number of aromatic hydroxyl groups is 1. The highest BCUT2D eigenvalue weighted by atomic mass is 35.5. The highest BCUT2D eigenvalue weighted by Gasteiger charge is 2.23. The van der Waals surface area contributed by atoms with E-state index >= 15 is 0 Å². The van der Waals surface area contributed by atoms with Crippen LogP contribution in [0.1, 0.15) is 5.56 Å². The molecule has 3 N–H and O–H groups in total. The maximum absolute atomic E-state index is 12.5. The maximum atomic E-state index is 12.5. The summed E-state index contributed by atoms with van der Waals surface area (Å²) in [6.07, 6.45) is 0. The fraction of sp³-hybridized carbons (Fsp3) is 0.143. The Balaban J connectivity index is 2.28. The number of rotatable bonds is 4. The minimum atomic E-state index is -3.71. The van der Waals surface area contributed by atoms with Crippen LogP contribution < -0.4 is 5.73 Å². The molecule has 0 aliphatic rings. The molecular weight excluding hydrogens is 312 g/mol. The molecule has 0 saturated carbocycles. The van der Waals surface area contributed by atoms with E-state index in [4.69, 9.17) is 17.3 Å². The first-order chi connectivity index (χ1) is 9.80. The molecule has 5 nitrogen and oxygen atoms in total. The molecule has 2 aromatic carbocycles. The molecule has 0 spiro atoms. The Morgan fingerprint density at radius 1 is 1.19 bits per heavy atom. The van der Waals surface area contributed by atoms with E-state index in [0.717, 1.165) is 5.56 Å². The van der Waals surface area contributed by atoms with Gasteiger partial charge in [-0.25, -0.2) is 8.42 Å². The lowest BCUT2D eigenvalue weighted by atomic mass is 10.2. The first kappa shape index (κ1) is 15.6. The minimum absolute atomic E-state index is 0.0136. The van der Waals surface area contributed by atoms with Gasteiger partial charge in [-0.3, -0.25) is 0 Å². The summed E-state index contributed by atoms with van der Waals surface area (Å²) in [6, 6.07) is 10.6. The van der Waals surface area contributed by atoms with E-state index in [2.05, 4.69) is 0 Å². The summed E-state index contributed by atoms with van der Waals surface area (Å²) in [5.41, 5.74) is 6.73. The van der Waals surface area contributed by atoms with Gasteiger partial charge in [-0.05, 0) is 35.9 Å². The van der Waals surface area contributed by atoms with E-state index < -0.39 is 10.0 Å². The molecule has 0 heterocycles. The third kappa shape index (κ3) is 3.47. The summed E-state index contributed by atoms with van der Waals surface area (Å²) < 4.78 is 26.2. The number of hydrogen-bond donors (Lipinski definition) is 2. The number of sulfonamides is 1. The van der Waals surface area contributed by atoms with Gasteiger partial charge < -0.3 is 10.8 Å². The molecule has 112 valence electrons. The maximum Gasteiger partial charge on any atom is 0.244 e. The molecule has 0 radical (unpaired) electrons. The highest BCUT2D eigenvalue weighted by molar-refractivity contribution is 7.89. The van der Waals surface area contributed by atoms with E-state index in [1.54, 1.807) is 12.1 Å². The quantitative estimate of drug-likeness (QED) is 0.845. The van der Waals surface area contributed by atoms with Gasteiger partial charge in [0.15, 0.2) is 0 Å². The number of anilines is 1. The molecule has 0 unspecified atom stereocenters. The SMILES string of the molecule is CN(Cc1ccc(O)cc1)S(=O)(=O)c1ccc(N)cc1Cl. The van der Waals surface area contributed by atoms with Crippen LogP contribution in [0, 0.1) is 0 Å². The molecule has 2 rings (SSSR count). The number of halogens is 1. The molecule has 2 aromatic rings. The lowest BCUT2D eigenvalue weighted by Gasteiger charge is -2.18. The van der Waals surface area contributed by atoms with Crippen LogP contribution in [0.25, 0.3) is 0 Å². The second-order valence-electron chi connectivity index (χ2n) is 4.62. The third-order valence-corrected chi connectivity index (χ3v) is 5.27. The number of phenolic OH excluding ortho intramolecular Hbond substituents is 1. The van der Waals surface area contributed by atoms with Crippen molar-refractivity contribution in [3.8, 4) is 5.75 Å². The van der Waals surface area contributed by atoms with Crippen molar-refractivity contribution in [3.05, 3.63) is 53.1 Å².